The van der Waals surface area contributed by atoms with E-state index >= 15 is 0 Å². The van der Waals surface area contributed by atoms with Crippen LogP contribution in [0.4, 0.5) is 0 Å². The summed E-state index contributed by atoms with van der Waals surface area (Å²) in [5.74, 6) is 0.531. The molecular formula is C33H60O. The Labute approximate surface area is 214 Å². The fourth-order valence-electron chi connectivity index (χ4n) is 5.27. The van der Waals surface area contributed by atoms with Gasteiger partial charge in [-0.1, -0.05) is 161 Å². The molecule has 34 heavy (non-hydrogen) atoms. The predicted octanol–water partition coefficient (Wildman–Crippen LogP) is 11.5. The molecule has 0 aliphatic carbocycles. The van der Waals surface area contributed by atoms with Crippen LogP contribution in [0.2, 0.25) is 0 Å². The summed E-state index contributed by atoms with van der Waals surface area (Å²) in [7, 11) is 0. The molecule has 0 saturated heterocycles. The van der Waals surface area contributed by atoms with Crippen molar-refractivity contribution in [1.82, 2.24) is 0 Å². The fourth-order valence-corrected chi connectivity index (χ4v) is 5.27. The Morgan fingerprint density at radius 2 is 0.794 bits per heavy atom. The molecule has 0 amide bonds. The van der Waals surface area contributed by atoms with E-state index in [-0.39, 0.29) is 0 Å². The average molecular weight is 473 g/mol. The van der Waals surface area contributed by atoms with Crippen LogP contribution in [0.1, 0.15) is 173 Å². The first-order valence-corrected chi connectivity index (χ1v) is 15.6. The monoisotopic (exact) mass is 472 g/mol. The Balaban J connectivity index is 2.05. The summed E-state index contributed by atoms with van der Waals surface area (Å²) in [5.41, 5.74) is 2.64. The molecule has 1 aromatic rings. The second kappa shape index (κ2) is 23.7. The highest BCUT2D eigenvalue weighted by Gasteiger charge is 2.07. The van der Waals surface area contributed by atoms with Crippen molar-refractivity contribution >= 4 is 0 Å². The van der Waals surface area contributed by atoms with E-state index in [1.54, 1.807) is 0 Å². The van der Waals surface area contributed by atoms with Crippen LogP contribution < -0.4 is 0 Å². The maximum absolute atomic E-state index is 10.4. The van der Waals surface area contributed by atoms with Gasteiger partial charge in [0.2, 0.25) is 0 Å². The van der Waals surface area contributed by atoms with E-state index < -0.39 is 0 Å². The average Bonchev–Trinajstić information content (AvgIpc) is 2.84. The number of hydrogen-bond donors (Lipinski definition) is 1. The van der Waals surface area contributed by atoms with Crippen LogP contribution in [0.15, 0.2) is 18.2 Å². The minimum atomic E-state index is 0.531. The minimum Gasteiger partial charge on any atom is -0.508 e. The summed E-state index contributed by atoms with van der Waals surface area (Å²) in [4.78, 5) is 0. The van der Waals surface area contributed by atoms with Gasteiger partial charge >= 0.3 is 0 Å². The minimum absolute atomic E-state index is 0.531. The molecule has 0 aromatic heterocycles. The molecule has 0 saturated carbocycles. The Morgan fingerprint density at radius 1 is 0.441 bits per heavy atom. The third kappa shape index (κ3) is 17.5. The van der Waals surface area contributed by atoms with Gasteiger partial charge in [0.1, 0.15) is 5.75 Å². The highest BCUT2D eigenvalue weighted by atomic mass is 16.3. The van der Waals surface area contributed by atoms with Crippen molar-refractivity contribution in [1.29, 1.82) is 0 Å². The Hall–Kier alpha value is -0.980. The summed E-state index contributed by atoms with van der Waals surface area (Å²) in [6.45, 7) is 4.58. The maximum Gasteiger partial charge on any atom is 0.119 e. The lowest BCUT2D eigenvalue weighted by Crippen LogP contribution is -1.96. The van der Waals surface area contributed by atoms with Crippen LogP contribution in [0.5, 0.6) is 5.75 Å². The second-order valence-electron chi connectivity index (χ2n) is 10.8. The Morgan fingerprint density at radius 3 is 1.21 bits per heavy atom. The quantitative estimate of drug-likeness (QED) is 0.140. The van der Waals surface area contributed by atoms with Crippen molar-refractivity contribution in [2.75, 3.05) is 0 Å². The van der Waals surface area contributed by atoms with Crippen LogP contribution in [0, 0.1) is 0 Å². The molecular weight excluding hydrogens is 412 g/mol. The molecule has 1 heteroatoms. The lowest BCUT2D eigenvalue weighted by molar-refractivity contribution is 0.464. The number of aromatic hydroxyl groups is 1. The molecule has 1 aromatic carbocycles. The van der Waals surface area contributed by atoms with Gasteiger partial charge in [0.15, 0.2) is 0 Å². The van der Waals surface area contributed by atoms with Crippen LogP contribution in [0.3, 0.4) is 0 Å². The number of benzene rings is 1. The molecule has 0 heterocycles. The summed E-state index contributed by atoms with van der Waals surface area (Å²) >= 11 is 0. The van der Waals surface area contributed by atoms with Crippen molar-refractivity contribution < 1.29 is 5.11 Å². The number of phenolic OH excluding ortho intramolecular Hbond substituents is 1. The van der Waals surface area contributed by atoms with Gasteiger partial charge in [-0.15, -0.1) is 0 Å². The Bertz CT molecular complexity index is 549. The second-order valence-corrected chi connectivity index (χ2v) is 10.8. The van der Waals surface area contributed by atoms with Gasteiger partial charge in [-0.05, 0) is 42.9 Å². The van der Waals surface area contributed by atoms with E-state index in [0.717, 1.165) is 12.8 Å². The summed E-state index contributed by atoms with van der Waals surface area (Å²) < 4.78 is 0. The van der Waals surface area contributed by atoms with Crippen LogP contribution in [0.25, 0.3) is 0 Å². The van der Waals surface area contributed by atoms with Gasteiger partial charge in [-0.3, -0.25) is 0 Å². The zero-order chi connectivity index (χ0) is 24.5. The summed E-state index contributed by atoms with van der Waals surface area (Å²) in [6, 6.07) is 6.18. The standard InChI is InChI=1S/C33H60O/c1-3-5-7-9-11-13-15-16-17-18-20-22-24-27-31-28-26-30-33(34)32(31)29-25-23-21-19-14-12-10-8-6-4-2/h26,28,30,34H,3-25,27,29H2,1-2H3. The van der Waals surface area contributed by atoms with Crippen molar-refractivity contribution in [3.05, 3.63) is 29.3 Å². The Kier molecular flexibility index (Phi) is 21.7. The van der Waals surface area contributed by atoms with Crippen LogP contribution in [-0.2, 0) is 12.8 Å². The van der Waals surface area contributed by atoms with Gasteiger partial charge in [-0.25, -0.2) is 0 Å². The summed E-state index contributed by atoms with van der Waals surface area (Å²) in [6.07, 6.45) is 34.1. The molecule has 0 unspecified atom stereocenters. The first kappa shape index (κ1) is 31.1. The third-order valence-corrected chi connectivity index (χ3v) is 7.58. The number of unbranched alkanes of at least 4 members (excludes halogenated alkanes) is 21. The first-order chi connectivity index (χ1) is 16.8. The maximum atomic E-state index is 10.4. The normalized spacial score (nSPS) is 11.4. The molecule has 1 nitrogen and oxygen atoms in total. The van der Waals surface area contributed by atoms with E-state index in [4.69, 9.17) is 0 Å². The smallest absolute Gasteiger partial charge is 0.119 e. The van der Waals surface area contributed by atoms with Gasteiger partial charge < -0.3 is 5.11 Å². The molecule has 0 aliphatic rings. The fraction of sp³-hybridized carbons (Fsp3) is 0.818. The largest absolute Gasteiger partial charge is 0.508 e. The molecule has 0 spiro atoms. The van der Waals surface area contributed by atoms with Crippen molar-refractivity contribution in [3.8, 4) is 5.75 Å². The number of hydrogen-bond acceptors (Lipinski definition) is 1. The highest BCUT2D eigenvalue weighted by Crippen LogP contribution is 2.25. The van der Waals surface area contributed by atoms with Gasteiger partial charge in [0.05, 0.1) is 0 Å². The van der Waals surface area contributed by atoms with Gasteiger partial charge in [0.25, 0.3) is 0 Å². The van der Waals surface area contributed by atoms with Gasteiger partial charge in [-0.2, -0.15) is 0 Å². The van der Waals surface area contributed by atoms with Crippen molar-refractivity contribution in [3.63, 3.8) is 0 Å². The molecule has 0 atom stereocenters. The van der Waals surface area contributed by atoms with E-state index in [1.165, 1.54) is 159 Å². The number of aryl methyl sites for hydroxylation is 1. The van der Waals surface area contributed by atoms with Gasteiger partial charge in [0, 0.05) is 0 Å². The molecule has 0 radical (unpaired) electrons. The van der Waals surface area contributed by atoms with E-state index in [1.807, 2.05) is 12.1 Å². The zero-order valence-electron chi connectivity index (χ0n) is 23.4. The molecule has 1 rings (SSSR count). The van der Waals surface area contributed by atoms with E-state index in [0.29, 0.717) is 5.75 Å². The molecule has 0 fully saturated rings. The molecule has 0 aliphatic heterocycles. The zero-order valence-corrected chi connectivity index (χ0v) is 23.4. The number of phenols is 1. The lowest BCUT2D eigenvalue weighted by atomic mass is 9.95. The van der Waals surface area contributed by atoms with Crippen molar-refractivity contribution in [2.45, 2.75) is 174 Å². The molecule has 198 valence electrons. The highest BCUT2D eigenvalue weighted by molar-refractivity contribution is 5.39. The topological polar surface area (TPSA) is 20.2 Å². The SMILES string of the molecule is CCCCCCCCCCCCCCCc1cccc(O)c1CCCCCCCCCCCC. The first-order valence-electron chi connectivity index (χ1n) is 15.6. The van der Waals surface area contributed by atoms with Crippen LogP contribution in [-0.4, -0.2) is 5.11 Å². The van der Waals surface area contributed by atoms with E-state index in [2.05, 4.69) is 19.9 Å². The predicted molar refractivity (Wildman–Crippen MR) is 153 cm³/mol. The molecule has 0 bridgehead atoms. The van der Waals surface area contributed by atoms with E-state index in [9.17, 15) is 5.11 Å². The third-order valence-electron chi connectivity index (χ3n) is 7.58. The summed E-state index contributed by atoms with van der Waals surface area (Å²) in [5, 5.41) is 10.4. The molecule has 1 N–H and O–H groups in total. The van der Waals surface area contributed by atoms with Crippen LogP contribution >= 0.6 is 0 Å². The number of rotatable bonds is 25. The van der Waals surface area contributed by atoms with Crippen molar-refractivity contribution in [2.24, 2.45) is 0 Å². The lowest BCUT2D eigenvalue weighted by Gasteiger charge is -2.12.